The summed E-state index contributed by atoms with van der Waals surface area (Å²) in [4.78, 5) is 19.3. The van der Waals surface area contributed by atoms with Gasteiger partial charge in [-0.15, -0.1) is 11.3 Å². The lowest BCUT2D eigenvalue weighted by atomic mass is 9.93. The van der Waals surface area contributed by atoms with E-state index >= 15 is 0 Å². The molecule has 0 N–H and O–H groups in total. The first-order valence-corrected chi connectivity index (χ1v) is 10.6. The molecule has 2 aromatic rings. The minimum atomic E-state index is 0.0608. The average molecular weight is 399 g/mol. The maximum absolute atomic E-state index is 12.6. The highest BCUT2D eigenvalue weighted by molar-refractivity contribution is 7.09. The van der Waals surface area contributed by atoms with Crippen LogP contribution >= 0.6 is 11.3 Å². The summed E-state index contributed by atoms with van der Waals surface area (Å²) in [6, 6.07) is 5.70. The molecule has 1 aromatic heterocycles. The monoisotopic (exact) mass is 398 g/mol. The van der Waals surface area contributed by atoms with E-state index in [2.05, 4.69) is 26.2 Å². The number of carbonyl (C=O) groups excluding carboxylic acids is 1. The molecule has 3 heterocycles. The summed E-state index contributed by atoms with van der Waals surface area (Å²) < 4.78 is 10.7. The van der Waals surface area contributed by atoms with Gasteiger partial charge in [-0.25, -0.2) is 4.98 Å². The molecule has 1 amide bonds. The predicted molar refractivity (Wildman–Crippen MR) is 111 cm³/mol. The number of hydrogen-bond acceptors (Lipinski definition) is 5. The number of ether oxygens (including phenoxy) is 2. The van der Waals surface area contributed by atoms with Crippen molar-refractivity contribution in [3.63, 3.8) is 0 Å². The summed E-state index contributed by atoms with van der Waals surface area (Å²) in [6.45, 7) is 8.39. The van der Waals surface area contributed by atoms with E-state index in [-0.39, 0.29) is 18.1 Å². The Balaban J connectivity index is 1.33. The number of thiazole rings is 1. The number of piperidine rings is 1. The molecule has 2 aliphatic rings. The number of hydrogen-bond donors (Lipinski definition) is 0. The van der Waals surface area contributed by atoms with Crippen molar-refractivity contribution in [2.24, 2.45) is 0 Å². The maximum atomic E-state index is 12.6. The number of fused-ring (bicyclic) bond motifs is 1. The third-order valence-electron chi connectivity index (χ3n) is 5.26. The van der Waals surface area contributed by atoms with Crippen molar-refractivity contribution in [1.29, 1.82) is 0 Å². The van der Waals surface area contributed by atoms with Crippen LogP contribution in [0.25, 0.3) is 6.08 Å². The van der Waals surface area contributed by atoms with Crippen LogP contribution in [0.1, 0.15) is 55.8 Å². The summed E-state index contributed by atoms with van der Waals surface area (Å²) in [5.74, 6) is 2.00. The summed E-state index contributed by atoms with van der Waals surface area (Å²) in [6.07, 6.45) is 5.44. The van der Waals surface area contributed by atoms with Crippen LogP contribution in [0.3, 0.4) is 0 Å². The maximum Gasteiger partial charge on any atom is 0.246 e. The number of rotatable bonds is 3. The first-order valence-electron chi connectivity index (χ1n) is 9.73. The van der Waals surface area contributed by atoms with Gasteiger partial charge in [-0.05, 0) is 36.6 Å². The second kappa shape index (κ2) is 7.59. The lowest BCUT2D eigenvalue weighted by Gasteiger charge is -2.30. The fraction of sp³-hybridized carbons (Fsp3) is 0.455. The number of benzene rings is 1. The Morgan fingerprint density at radius 2 is 1.96 bits per heavy atom. The van der Waals surface area contributed by atoms with E-state index < -0.39 is 0 Å². The lowest BCUT2D eigenvalue weighted by molar-refractivity contribution is -0.126. The van der Waals surface area contributed by atoms with Gasteiger partial charge >= 0.3 is 0 Å². The third-order valence-corrected chi connectivity index (χ3v) is 6.27. The second-order valence-electron chi connectivity index (χ2n) is 8.37. The Bertz CT molecular complexity index is 889. The number of aromatic nitrogens is 1. The zero-order valence-electron chi connectivity index (χ0n) is 16.6. The van der Waals surface area contributed by atoms with E-state index in [1.165, 1.54) is 5.01 Å². The van der Waals surface area contributed by atoms with Crippen LogP contribution in [0, 0.1) is 0 Å². The Hall–Kier alpha value is -2.34. The topological polar surface area (TPSA) is 51.7 Å². The van der Waals surface area contributed by atoms with Gasteiger partial charge in [0.1, 0.15) is 0 Å². The molecular weight excluding hydrogens is 372 g/mol. The van der Waals surface area contributed by atoms with Crippen molar-refractivity contribution in [3.05, 3.63) is 45.9 Å². The van der Waals surface area contributed by atoms with Crippen molar-refractivity contribution >= 4 is 23.3 Å². The summed E-state index contributed by atoms with van der Waals surface area (Å²) in [5, 5.41) is 3.40. The van der Waals surface area contributed by atoms with Gasteiger partial charge in [-0.1, -0.05) is 26.8 Å². The minimum Gasteiger partial charge on any atom is -0.454 e. The standard InChI is InChI=1S/C22H26N2O3S/c1-22(2,3)19-13-28-21(23-19)16-8-10-24(11-9-16)20(25)7-5-15-4-6-17-18(12-15)27-14-26-17/h4-7,12-13,16H,8-11,14H2,1-3H3. The van der Waals surface area contributed by atoms with Crippen molar-refractivity contribution in [1.82, 2.24) is 9.88 Å². The van der Waals surface area contributed by atoms with Crippen LogP contribution in [0.5, 0.6) is 11.5 Å². The van der Waals surface area contributed by atoms with E-state index in [0.717, 1.165) is 48.7 Å². The molecule has 28 heavy (non-hydrogen) atoms. The molecule has 148 valence electrons. The quantitative estimate of drug-likeness (QED) is 0.710. The first-order chi connectivity index (χ1) is 13.4. The molecule has 0 radical (unpaired) electrons. The zero-order chi connectivity index (χ0) is 19.7. The summed E-state index contributed by atoms with van der Waals surface area (Å²) in [5.41, 5.74) is 2.19. The fourth-order valence-electron chi connectivity index (χ4n) is 3.46. The van der Waals surface area contributed by atoms with Crippen LogP contribution in [-0.2, 0) is 10.2 Å². The van der Waals surface area contributed by atoms with Crippen LogP contribution in [0.15, 0.2) is 29.7 Å². The normalized spacial score (nSPS) is 17.5. The molecule has 6 heteroatoms. The van der Waals surface area contributed by atoms with E-state index in [9.17, 15) is 4.79 Å². The minimum absolute atomic E-state index is 0.0608. The Kier molecular flexibility index (Phi) is 5.15. The number of amides is 1. The molecule has 0 saturated carbocycles. The van der Waals surface area contributed by atoms with Gasteiger partial charge in [-0.3, -0.25) is 4.79 Å². The molecule has 0 aliphatic carbocycles. The molecule has 4 rings (SSSR count). The van der Waals surface area contributed by atoms with E-state index in [1.807, 2.05) is 29.2 Å². The molecular formula is C22H26N2O3S. The largest absolute Gasteiger partial charge is 0.454 e. The highest BCUT2D eigenvalue weighted by atomic mass is 32.1. The fourth-order valence-corrected chi connectivity index (χ4v) is 4.67. The molecule has 0 unspecified atom stereocenters. The van der Waals surface area contributed by atoms with E-state index in [1.54, 1.807) is 17.4 Å². The summed E-state index contributed by atoms with van der Waals surface area (Å²) in [7, 11) is 0. The van der Waals surface area contributed by atoms with Crippen molar-refractivity contribution in [2.45, 2.75) is 44.9 Å². The number of nitrogens with zero attached hydrogens (tertiary/aromatic N) is 2. The highest BCUT2D eigenvalue weighted by Crippen LogP contribution is 2.34. The highest BCUT2D eigenvalue weighted by Gasteiger charge is 2.26. The van der Waals surface area contributed by atoms with Crippen LogP contribution in [-0.4, -0.2) is 35.7 Å². The molecule has 0 bridgehead atoms. The molecule has 1 aromatic carbocycles. The van der Waals surface area contributed by atoms with Crippen molar-refractivity contribution in [3.8, 4) is 11.5 Å². The molecule has 2 aliphatic heterocycles. The van der Waals surface area contributed by atoms with Crippen LogP contribution in [0.4, 0.5) is 0 Å². The van der Waals surface area contributed by atoms with Gasteiger partial charge in [0.25, 0.3) is 0 Å². The smallest absolute Gasteiger partial charge is 0.246 e. The van der Waals surface area contributed by atoms with E-state index in [4.69, 9.17) is 14.5 Å². The Morgan fingerprint density at radius 3 is 2.68 bits per heavy atom. The van der Waals surface area contributed by atoms with Crippen LogP contribution < -0.4 is 9.47 Å². The van der Waals surface area contributed by atoms with Gasteiger partial charge in [0.05, 0.1) is 10.7 Å². The Morgan fingerprint density at radius 1 is 1.21 bits per heavy atom. The number of carbonyl (C=O) groups is 1. The molecule has 0 atom stereocenters. The van der Waals surface area contributed by atoms with Crippen LogP contribution in [0.2, 0.25) is 0 Å². The van der Waals surface area contributed by atoms with Gasteiger partial charge in [0.15, 0.2) is 11.5 Å². The van der Waals surface area contributed by atoms with Gasteiger partial charge < -0.3 is 14.4 Å². The van der Waals surface area contributed by atoms with Crippen molar-refractivity contribution in [2.75, 3.05) is 19.9 Å². The van der Waals surface area contributed by atoms with Gasteiger partial charge in [0.2, 0.25) is 12.7 Å². The lowest BCUT2D eigenvalue weighted by Crippen LogP contribution is -2.36. The third kappa shape index (κ3) is 4.07. The predicted octanol–water partition coefficient (Wildman–Crippen LogP) is 4.59. The number of likely N-dealkylation sites (tertiary alicyclic amines) is 1. The Labute approximate surface area is 170 Å². The molecule has 5 nitrogen and oxygen atoms in total. The van der Waals surface area contributed by atoms with Gasteiger partial charge in [0, 0.05) is 35.9 Å². The summed E-state index contributed by atoms with van der Waals surface area (Å²) >= 11 is 1.76. The van der Waals surface area contributed by atoms with Gasteiger partial charge in [-0.2, -0.15) is 0 Å². The average Bonchev–Trinajstić information content (AvgIpc) is 3.35. The zero-order valence-corrected chi connectivity index (χ0v) is 17.4. The first kappa shape index (κ1) is 19.0. The van der Waals surface area contributed by atoms with Crippen molar-refractivity contribution < 1.29 is 14.3 Å². The van der Waals surface area contributed by atoms with E-state index in [0.29, 0.717) is 5.92 Å². The SMILES string of the molecule is CC(C)(C)c1csc(C2CCN(C(=O)C=Cc3ccc4c(c3)OCO4)CC2)n1. The molecule has 1 saturated heterocycles. The molecule has 0 spiro atoms. The molecule has 1 fully saturated rings. The second-order valence-corrected chi connectivity index (χ2v) is 9.26.